The Morgan fingerprint density at radius 1 is 1.69 bits per heavy atom. The van der Waals surface area contributed by atoms with Gasteiger partial charge in [-0.25, -0.2) is 0 Å². The molecule has 1 saturated heterocycles. The molecule has 0 aromatic heterocycles. The second kappa shape index (κ2) is 3.56. The zero-order chi connectivity index (χ0) is 10.1. The highest BCUT2D eigenvalue weighted by Crippen LogP contribution is 2.40. The molecule has 3 heteroatoms. The van der Waals surface area contributed by atoms with Crippen molar-refractivity contribution >= 4 is 8.32 Å². The van der Waals surface area contributed by atoms with Crippen molar-refractivity contribution in [3.8, 4) is 0 Å². The summed E-state index contributed by atoms with van der Waals surface area (Å²) in [7, 11) is -1.46. The van der Waals surface area contributed by atoms with E-state index in [1.807, 2.05) is 6.08 Å². The molecule has 1 fully saturated rings. The number of aliphatic hydroxyl groups excluding tert-OH is 1. The third-order valence-electron chi connectivity index (χ3n) is 3.05. The first-order valence-corrected chi connectivity index (χ1v) is 7.92. The van der Waals surface area contributed by atoms with Gasteiger partial charge in [-0.1, -0.05) is 13.0 Å². The molecular formula is C10H20O2Si. The molecule has 0 aliphatic carbocycles. The standard InChI is InChI=1S/C10H20O2Si/c1-5-9-6-13(3,4)12-8-10(9,2)7-11/h5,9,11H,1,6-8H2,2-4H3. The Balaban J connectivity index is 2.77. The molecular weight excluding hydrogens is 180 g/mol. The van der Waals surface area contributed by atoms with Crippen molar-refractivity contribution in [2.75, 3.05) is 13.2 Å². The van der Waals surface area contributed by atoms with Crippen LogP contribution < -0.4 is 0 Å². The van der Waals surface area contributed by atoms with Crippen molar-refractivity contribution in [1.29, 1.82) is 0 Å². The monoisotopic (exact) mass is 200 g/mol. The minimum atomic E-state index is -1.46. The minimum absolute atomic E-state index is 0.107. The average molecular weight is 200 g/mol. The second-order valence-electron chi connectivity index (χ2n) is 4.91. The molecule has 1 heterocycles. The van der Waals surface area contributed by atoms with Crippen LogP contribution in [-0.2, 0) is 4.43 Å². The fourth-order valence-electron chi connectivity index (χ4n) is 1.83. The van der Waals surface area contributed by atoms with Crippen LogP contribution >= 0.6 is 0 Å². The topological polar surface area (TPSA) is 29.5 Å². The number of aliphatic hydroxyl groups is 1. The first-order valence-electron chi connectivity index (χ1n) is 4.81. The molecule has 1 rings (SSSR count). The van der Waals surface area contributed by atoms with Crippen molar-refractivity contribution in [2.45, 2.75) is 26.1 Å². The fourth-order valence-corrected chi connectivity index (χ4v) is 4.39. The van der Waals surface area contributed by atoms with E-state index in [1.54, 1.807) is 0 Å². The average Bonchev–Trinajstić information content (AvgIpc) is 2.09. The second-order valence-corrected chi connectivity index (χ2v) is 9.12. The lowest BCUT2D eigenvalue weighted by Gasteiger charge is -2.44. The normalized spacial score (nSPS) is 38.6. The van der Waals surface area contributed by atoms with Crippen molar-refractivity contribution < 1.29 is 9.53 Å². The summed E-state index contributed by atoms with van der Waals surface area (Å²) < 4.78 is 5.84. The van der Waals surface area contributed by atoms with Gasteiger partial charge in [-0.15, -0.1) is 6.58 Å². The zero-order valence-electron chi connectivity index (χ0n) is 8.84. The summed E-state index contributed by atoms with van der Waals surface area (Å²) in [6.45, 7) is 11.2. The molecule has 2 nitrogen and oxygen atoms in total. The Bertz CT molecular complexity index is 203. The lowest BCUT2D eigenvalue weighted by molar-refractivity contribution is 0.0285. The van der Waals surface area contributed by atoms with Crippen molar-refractivity contribution in [3.05, 3.63) is 12.7 Å². The highest BCUT2D eigenvalue weighted by Gasteiger charge is 2.43. The highest BCUT2D eigenvalue weighted by atomic mass is 28.4. The number of rotatable bonds is 2. The predicted octanol–water partition coefficient (Wildman–Crippen LogP) is 2.02. The van der Waals surface area contributed by atoms with E-state index >= 15 is 0 Å². The van der Waals surface area contributed by atoms with E-state index in [-0.39, 0.29) is 12.0 Å². The molecule has 0 aromatic carbocycles. The first kappa shape index (κ1) is 11.0. The minimum Gasteiger partial charge on any atom is -0.417 e. The van der Waals surface area contributed by atoms with E-state index in [0.717, 1.165) is 6.04 Å². The third-order valence-corrected chi connectivity index (χ3v) is 5.39. The number of hydrogen-bond acceptors (Lipinski definition) is 2. The molecule has 1 N–H and O–H groups in total. The number of hydrogen-bond donors (Lipinski definition) is 1. The van der Waals surface area contributed by atoms with Gasteiger partial charge in [0.25, 0.3) is 0 Å². The third kappa shape index (κ3) is 2.21. The Morgan fingerprint density at radius 3 is 2.77 bits per heavy atom. The molecule has 0 aromatic rings. The molecule has 1 aliphatic rings. The van der Waals surface area contributed by atoms with E-state index in [1.165, 1.54) is 0 Å². The maximum absolute atomic E-state index is 9.31. The summed E-state index contributed by atoms with van der Waals surface area (Å²) in [5.41, 5.74) is -0.107. The van der Waals surface area contributed by atoms with Gasteiger partial charge in [-0.2, -0.15) is 0 Å². The SMILES string of the molecule is C=CC1C[Si](C)(C)OCC1(C)CO. The van der Waals surface area contributed by atoms with Gasteiger partial charge in [0.15, 0.2) is 8.32 Å². The van der Waals surface area contributed by atoms with Crippen LogP contribution in [0.25, 0.3) is 0 Å². The van der Waals surface area contributed by atoms with Gasteiger partial charge in [0, 0.05) is 12.0 Å². The van der Waals surface area contributed by atoms with Crippen molar-refractivity contribution in [2.24, 2.45) is 11.3 Å². The summed E-state index contributed by atoms with van der Waals surface area (Å²) in [4.78, 5) is 0. The quantitative estimate of drug-likeness (QED) is 0.546. The molecule has 0 saturated carbocycles. The molecule has 0 amide bonds. The van der Waals surface area contributed by atoms with Crippen LogP contribution in [0.2, 0.25) is 19.1 Å². The van der Waals surface area contributed by atoms with Crippen molar-refractivity contribution in [3.63, 3.8) is 0 Å². The summed E-state index contributed by atoms with van der Waals surface area (Å²) in [6, 6.07) is 1.08. The summed E-state index contributed by atoms with van der Waals surface area (Å²) in [5.74, 6) is 0.410. The van der Waals surface area contributed by atoms with Crippen molar-refractivity contribution in [1.82, 2.24) is 0 Å². The highest BCUT2D eigenvalue weighted by molar-refractivity contribution is 6.71. The smallest absolute Gasteiger partial charge is 0.187 e. The van der Waals surface area contributed by atoms with Crippen LogP contribution in [0.4, 0.5) is 0 Å². The molecule has 2 unspecified atom stereocenters. The Labute approximate surface area is 81.7 Å². The van der Waals surface area contributed by atoms with E-state index in [0.29, 0.717) is 12.5 Å². The van der Waals surface area contributed by atoms with Gasteiger partial charge >= 0.3 is 0 Å². The molecule has 76 valence electrons. The molecule has 0 spiro atoms. The van der Waals surface area contributed by atoms with Gasteiger partial charge in [0.05, 0.1) is 6.61 Å². The summed E-state index contributed by atoms with van der Waals surface area (Å²) >= 11 is 0. The lowest BCUT2D eigenvalue weighted by Crippen LogP contribution is -2.49. The Kier molecular flexibility index (Phi) is 3.00. The van der Waals surface area contributed by atoms with Gasteiger partial charge in [0.2, 0.25) is 0 Å². The first-order chi connectivity index (χ1) is 5.93. The van der Waals surface area contributed by atoms with E-state index in [4.69, 9.17) is 4.43 Å². The van der Waals surface area contributed by atoms with Crippen LogP contribution in [0.15, 0.2) is 12.7 Å². The maximum Gasteiger partial charge on any atom is 0.187 e. The fraction of sp³-hybridized carbons (Fsp3) is 0.800. The van der Waals surface area contributed by atoms with Crippen LogP contribution in [0.3, 0.4) is 0 Å². The Morgan fingerprint density at radius 2 is 2.31 bits per heavy atom. The van der Waals surface area contributed by atoms with Crippen LogP contribution in [0, 0.1) is 11.3 Å². The van der Waals surface area contributed by atoms with Crippen LogP contribution in [0.5, 0.6) is 0 Å². The molecule has 0 bridgehead atoms. The maximum atomic E-state index is 9.31. The molecule has 13 heavy (non-hydrogen) atoms. The predicted molar refractivity (Wildman–Crippen MR) is 57.1 cm³/mol. The van der Waals surface area contributed by atoms with E-state index in [9.17, 15) is 5.11 Å². The van der Waals surface area contributed by atoms with Gasteiger partial charge in [-0.05, 0) is 25.1 Å². The van der Waals surface area contributed by atoms with E-state index < -0.39 is 8.32 Å². The largest absolute Gasteiger partial charge is 0.417 e. The molecule has 0 radical (unpaired) electrons. The Hall–Kier alpha value is -0.123. The van der Waals surface area contributed by atoms with E-state index in [2.05, 4.69) is 26.6 Å². The van der Waals surface area contributed by atoms with Gasteiger partial charge < -0.3 is 9.53 Å². The van der Waals surface area contributed by atoms with Crippen LogP contribution in [0.1, 0.15) is 6.92 Å². The molecule has 1 aliphatic heterocycles. The summed E-state index contributed by atoms with van der Waals surface area (Å²) in [5, 5.41) is 9.31. The van der Waals surface area contributed by atoms with Gasteiger partial charge in [-0.3, -0.25) is 0 Å². The molecule has 2 atom stereocenters. The lowest BCUT2D eigenvalue weighted by atomic mass is 9.79. The zero-order valence-corrected chi connectivity index (χ0v) is 9.84. The summed E-state index contributed by atoms with van der Waals surface area (Å²) in [6.07, 6.45) is 1.98. The number of allylic oxidation sites excluding steroid dienone is 1. The van der Waals surface area contributed by atoms with Crippen LogP contribution in [-0.4, -0.2) is 26.6 Å². The van der Waals surface area contributed by atoms with Gasteiger partial charge in [0.1, 0.15) is 0 Å².